The van der Waals surface area contributed by atoms with Gasteiger partial charge in [0.2, 0.25) is 0 Å². The molecule has 0 amide bonds. The number of allylic oxidation sites excluding steroid dienone is 4. The molecule has 0 saturated heterocycles. The molecule has 1 aliphatic heterocycles. The van der Waals surface area contributed by atoms with Crippen LogP contribution in [0.4, 0.5) is 0 Å². The van der Waals surface area contributed by atoms with E-state index in [9.17, 15) is 14.4 Å². The van der Waals surface area contributed by atoms with Crippen molar-refractivity contribution in [2.45, 2.75) is 193 Å². The lowest BCUT2D eigenvalue weighted by Crippen LogP contribution is -2.30. The summed E-state index contributed by atoms with van der Waals surface area (Å²) in [5.41, 5.74) is 0. The minimum atomic E-state index is -0.761. The molecule has 1 aliphatic rings. The van der Waals surface area contributed by atoms with Gasteiger partial charge in [-0.05, 0) is 70.6 Å². The monoisotopic (exact) mass is 633 g/mol. The number of hydrogen-bond donors (Lipinski definition) is 0. The van der Waals surface area contributed by atoms with Crippen molar-refractivity contribution in [1.82, 2.24) is 0 Å². The number of carbonyl (C=O) groups excluding carboxylic acids is 3. The van der Waals surface area contributed by atoms with Crippen molar-refractivity contribution in [2.75, 3.05) is 13.2 Å². The van der Waals surface area contributed by atoms with E-state index in [1.165, 1.54) is 83.5 Å². The maximum atomic E-state index is 12.6. The second-order valence-electron chi connectivity index (χ2n) is 12.9. The van der Waals surface area contributed by atoms with Crippen molar-refractivity contribution in [2.24, 2.45) is 0 Å². The highest BCUT2D eigenvalue weighted by atomic mass is 16.6. The standard InChI is InChI=1S/C39H68O6/c1-2-3-4-5-6-7-8-9-10-15-18-21-24-27-30-33-39(42)45-36-34-43-37(40)31-28-25-22-19-16-13-11-12-14-17-20-23-26-29-32-38(41)44-35-36/h9-12,36H,2-8,13-35H2,1H3/b10-9+,12-11-. The zero-order chi connectivity index (χ0) is 32.5. The molecule has 0 aromatic carbocycles. The molecule has 0 bridgehead atoms. The van der Waals surface area contributed by atoms with E-state index in [1.807, 2.05) is 0 Å². The number of cyclic esters (lactones) is 2. The minimum absolute atomic E-state index is 0.0729. The van der Waals surface area contributed by atoms with Crippen LogP contribution in [-0.2, 0) is 28.6 Å². The average Bonchev–Trinajstić information content (AvgIpc) is 3.03. The third kappa shape index (κ3) is 29.1. The number of hydrogen-bond acceptors (Lipinski definition) is 6. The van der Waals surface area contributed by atoms with Crippen LogP contribution in [0, 0.1) is 0 Å². The first kappa shape index (κ1) is 40.9. The molecular weight excluding hydrogens is 564 g/mol. The van der Waals surface area contributed by atoms with Crippen LogP contribution in [0.15, 0.2) is 24.3 Å². The van der Waals surface area contributed by atoms with Crippen LogP contribution in [0.2, 0.25) is 0 Å². The van der Waals surface area contributed by atoms with Gasteiger partial charge in [0.05, 0.1) is 0 Å². The van der Waals surface area contributed by atoms with E-state index >= 15 is 0 Å². The Bertz CT molecular complexity index is 737. The summed E-state index contributed by atoms with van der Waals surface area (Å²) in [5, 5.41) is 0. The van der Waals surface area contributed by atoms with Crippen molar-refractivity contribution in [3.63, 3.8) is 0 Å². The lowest BCUT2D eigenvalue weighted by atomic mass is 10.1. The topological polar surface area (TPSA) is 78.9 Å². The fourth-order valence-electron chi connectivity index (χ4n) is 5.58. The maximum Gasteiger partial charge on any atom is 0.306 e. The third-order valence-corrected chi connectivity index (χ3v) is 8.47. The van der Waals surface area contributed by atoms with Gasteiger partial charge < -0.3 is 14.2 Å². The Hall–Kier alpha value is -2.11. The summed E-state index contributed by atoms with van der Waals surface area (Å²) in [6.45, 7) is 2.11. The minimum Gasteiger partial charge on any atom is -0.462 e. The molecule has 0 N–H and O–H groups in total. The highest BCUT2D eigenvalue weighted by Gasteiger charge is 2.19. The molecule has 260 valence electrons. The SMILES string of the molecule is CCCCCCCC/C=C/CCCCCCCC(=O)OC1COC(=O)CCCCCCC/C=C\CCCCCCCC(=O)OC1. The Kier molecular flexibility index (Phi) is 29.0. The number of unbranched alkanes of at least 4 members (excludes halogenated alkanes) is 11. The molecular formula is C39H68O6. The molecule has 0 atom stereocenters. The summed E-state index contributed by atoms with van der Waals surface area (Å²) in [6.07, 6.45) is 38.0. The highest BCUT2D eigenvalue weighted by molar-refractivity contribution is 5.71. The largest absolute Gasteiger partial charge is 0.462 e. The summed E-state index contributed by atoms with van der Waals surface area (Å²) in [6, 6.07) is 0. The van der Waals surface area contributed by atoms with Gasteiger partial charge >= 0.3 is 17.9 Å². The first-order valence-corrected chi connectivity index (χ1v) is 18.9. The molecule has 0 saturated carbocycles. The number of rotatable bonds is 16. The van der Waals surface area contributed by atoms with E-state index in [0.29, 0.717) is 19.3 Å². The van der Waals surface area contributed by atoms with Crippen LogP contribution in [0.25, 0.3) is 0 Å². The van der Waals surface area contributed by atoms with Gasteiger partial charge in [0, 0.05) is 19.3 Å². The van der Waals surface area contributed by atoms with Crippen LogP contribution in [0.3, 0.4) is 0 Å². The Morgan fingerprint density at radius 1 is 0.644 bits per heavy atom. The highest BCUT2D eigenvalue weighted by Crippen LogP contribution is 2.13. The van der Waals surface area contributed by atoms with Gasteiger partial charge in [-0.25, -0.2) is 0 Å². The van der Waals surface area contributed by atoms with Crippen molar-refractivity contribution in [3.8, 4) is 0 Å². The van der Waals surface area contributed by atoms with Crippen molar-refractivity contribution >= 4 is 17.9 Å². The molecule has 6 heteroatoms. The molecule has 0 unspecified atom stereocenters. The van der Waals surface area contributed by atoms with Crippen molar-refractivity contribution in [3.05, 3.63) is 24.3 Å². The van der Waals surface area contributed by atoms with Crippen molar-refractivity contribution in [1.29, 1.82) is 0 Å². The first-order valence-electron chi connectivity index (χ1n) is 18.9. The zero-order valence-corrected chi connectivity index (χ0v) is 29.0. The van der Waals surface area contributed by atoms with E-state index in [2.05, 4.69) is 31.2 Å². The summed E-state index contributed by atoms with van der Waals surface area (Å²) in [5.74, 6) is -0.904. The van der Waals surface area contributed by atoms with E-state index in [1.54, 1.807) is 0 Å². The second-order valence-corrected chi connectivity index (χ2v) is 12.9. The third-order valence-electron chi connectivity index (χ3n) is 8.47. The Morgan fingerprint density at radius 3 is 1.62 bits per heavy atom. The number of esters is 3. The Labute approximate surface area is 276 Å². The smallest absolute Gasteiger partial charge is 0.306 e. The van der Waals surface area contributed by atoms with Crippen LogP contribution >= 0.6 is 0 Å². The van der Waals surface area contributed by atoms with Gasteiger partial charge in [-0.1, -0.05) is 121 Å². The summed E-state index contributed by atoms with van der Waals surface area (Å²) in [4.78, 5) is 37.2. The van der Waals surface area contributed by atoms with Gasteiger partial charge in [-0.2, -0.15) is 0 Å². The average molecular weight is 633 g/mol. The quantitative estimate of drug-likeness (QED) is 0.0729. The molecule has 0 aromatic rings. The predicted molar refractivity (Wildman–Crippen MR) is 185 cm³/mol. The molecule has 45 heavy (non-hydrogen) atoms. The zero-order valence-electron chi connectivity index (χ0n) is 29.0. The molecule has 1 rings (SSSR count). The van der Waals surface area contributed by atoms with Gasteiger partial charge in [-0.3, -0.25) is 14.4 Å². The predicted octanol–water partition coefficient (Wildman–Crippen LogP) is 11.1. The summed E-state index contributed by atoms with van der Waals surface area (Å²) < 4.78 is 16.5. The number of carbonyl (C=O) groups is 3. The molecule has 0 fully saturated rings. The van der Waals surface area contributed by atoms with Crippen molar-refractivity contribution < 1.29 is 28.6 Å². The number of ether oxygens (including phenoxy) is 3. The summed E-state index contributed by atoms with van der Waals surface area (Å²) in [7, 11) is 0. The molecule has 6 nitrogen and oxygen atoms in total. The lowest BCUT2D eigenvalue weighted by molar-refractivity contribution is -0.167. The molecule has 0 radical (unpaired) electrons. The Morgan fingerprint density at radius 2 is 1.09 bits per heavy atom. The molecule has 0 spiro atoms. The van der Waals surface area contributed by atoms with Gasteiger partial charge in [0.1, 0.15) is 13.2 Å². The van der Waals surface area contributed by atoms with Crippen LogP contribution in [0.1, 0.15) is 187 Å². The molecule has 1 heterocycles. The van der Waals surface area contributed by atoms with Crippen LogP contribution in [-0.4, -0.2) is 37.2 Å². The maximum absolute atomic E-state index is 12.6. The van der Waals surface area contributed by atoms with Gasteiger partial charge in [0.25, 0.3) is 0 Å². The van der Waals surface area contributed by atoms with E-state index in [0.717, 1.165) is 77.0 Å². The van der Waals surface area contributed by atoms with E-state index < -0.39 is 6.10 Å². The van der Waals surface area contributed by atoms with Gasteiger partial charge in [-0.15, -0.1) is 0 Å². The van der Waals surface area contributed by atoms with Gasteiger partial charge in [0.15, 0.2) is 6.10 Å². The molecule has 0 aliphatic carbocycles. The summed E-state index contributed by atoms with van der Waals surface area (Å²) >= 11 is 0. The normalized spacial score (nSPS) is 18.7. The second kappa shape index (κ2) is 31.9. The van der Waals surface area contributed by atoms with E-state index in [-0.39, 0.29) is 31.1 Å². The Balaban J connectivity index is 2.30. The lowest BCUT2D eigenvalue weighted by Gasteiger charge is -2.18. The van der Waals surface area contributed by atoms with Crippen LogP contribution in [0.5, 0.6) is 0 Å². The fraction of sp³-hybridized carbons (Fsp3) is 0.821. The van der Waals surface area contributed by atoms with E-state index in [4.69, 9.17) is 14.2 Å². The first-order chi connectivity index (χ1) is 22.1. The molecule has 0 aromatic heterocycles. The van der Waals surface area contributed by atoms with Crippen LogP contribution < -0.4 is 0 Å². The fourth-order valence-corrected chi connectivity index (χ4v) is 5.58.